The minimum Gasteiger partial charge on any atom is -0.475 e. The molecule has 0 aliphatic rings. The zero-order valence-electron chi connectivity index (χ0n) is 6.95. The minimum atomic E-state index is -1.13. The lowest BCUT2D eigenvalue weighted by molar-refractivity contribution is 0.0665. The molecule has 0 radical (unpaired) electrons. The minimum absolute atomic E-state index is 0.144. The van der Waals surface area contributed by atoms with Crippen LogP contribution in [0.15, 0.2) is 22.6 Å². The fraction of sp³-hybridized carbons (Fsp3) is 0. The summed E-state index contributed by atoms with van der Waals surface area (Å²) < 4.78 is 5.03. The maximum atomic E-state index is 10.6. The van der Waals surface area contributed by atoms with Gasteiger partial charge in [-0.05, 0) is 18.2 Å². The number of carboxylic acid groups (broad SMARTS) is 1. The molecule has 0 aliphatic carbocycles. The summed E-state index contributed by atoms with van der Waals surface area (Å²) in [5.74, 6) is -1.27. The molecular weight excluding hydrogens is 206 g/mol. The predicted molar refractivity (Wildman–Crippen MR) is 52.6 cm³/mol. The van der Waals surface area contributed by atoms with E-state index in [1.807, 2.05) is 0 Å². The largest absolute Gasteiger partial charge is 0.475 e. The van der Waals surface area contributed by atoms with Crippen molar-refractivity contribution in [2.75, 3.05) is 5.73 Å². The monoisotopic (exact) mass is 211 g/mol. The van der Waals surface area contributed by atoms with Crippen molar-refractivity contribution in [1.29, 1.82) is 0 Å². The van der Waals surface area contributed by atoms with Crippen molar-refractivity contribution in [2.24, 2.45) is 0 Å². The average molecular weight is 212 g/mol. The van der Waals surface area contributed by atoms with Gasteiger partial charge in [0.25, 0.3) is 0 Å². The van der Waals surface area contributed by atoms with Crippen LogP contribution in [0.5, 0.6) is 0 Å². The Labute approximate surface area is 83.9 Å². The summed E-state index contributed by atoms with van der Waals surface area (Å²) in [6.45, 7) is 0. The first-order valence-electron chi connectivity index (χ1n) is 3.80. The van der Waals surface area contributed by atoms with Crippen molar-refractivity contribution in [1.82, 2.24) is 0 Å². The number of hydrogen-bond acceptors (Lipinski definition) is 3. The van der Waals surface area contributed by atoms with Gasteiger partial charge < -0.3 is 15.3 Å². The van der Waals surface area contributed by atoms with E-state index in [0.29, 0.717) is 16.0 Å². The fourth-order valence-electron chi connectivity index (χ4n) is 1.21. The first-order chi connectivity index (χ1) is 6.59. The van der Waals surface area contributed by atoms with Gasteiger partial charge in [-0.25, -0.2) is 4.79 Å². The van der Waals surface area contributed by atoms with Gasteiger partial charge in [-0.15, -0.1) is 0 Å². The molecule has 0 unspecified atom stereocenters. The molecule has 0 atom stereocenters. The SMILES string of the molecule is Nc1c(Cl)ccc2cc(C(=O)O)oc12. The van der Waals surface area contributed by atoms with Crippen LogP contribution < -0.4 is 5.73 Å². The van der Waals surface area contributed by atoms with Crippen LogP contribution in [-0.2, 0) is 0 Å². The Morgan fingerprint density at radius 1 is 1.50 bits per heavy atom. The standard InChI is InChI=1S/C9H6ClNO3/c10-5-2-1-4-3-6(9(12)13)14-8(4)7(5)11/h1-3H,11H2,(H,12,13). The fourth-order valence-corrected chi connectivity index (χ4v) is 1.35. The molecular formula is C9H6ClNO3. The highest BCUT2D eigenvalue weighted by atomic mass is 35.5. The Morgan fingerprint density at radius 3 is 2.86 bits per heavy atom. The van der Waals surface area contributed by atoms with Crippen molar-refractivity contribution in [3.05, 3.63) is 29.0 Å². The van der Waals surface area contributed by atoms with Crippen molar-refractivity contribution in [2.45, 2.75) is 0 Å². The number of rotatable bonds is 1. The molecule has 0 fully saturated rings. The summed E-state index contributed by atoms with van der Waals surface area (Å²) in [5, 5.41) is 9.66. The van der Waals surface area contributed by atoms with Gasteiger partial charge in [-0.1, -0.05) is 11.6 Å². The zero-order chi connectivity index (χ0) is 10.3. The van der Waals surface area contributed by atoms with Gasteiger partial charge in [0, 0.05) is 5.39 Å². The molecule has 1 heterocycles. The molecule has 3 N–H and O–H groups in total. The van der Waals surface area contributed by atoms with Crippen LogP contribution >= 0.6 is 11.6 Å². The quantitative estimate of drug-likeness (QED) is 0.710. The van der Waals surface area contributed by atoms with Crippen molar-refractivity contribution in [3.63, 3.8) is 0 Å². The molecule has 14 heavy (non-hydrogen) atoms. The summed E-state index contributed by atoms with van der Waals surface area (Å²) >= 11 is 5.74. The van der Waals surface area contributed by atoms with Crippen LogP contribution in [0.4, 0.5) is 5.69 Å². The normalized spacial score (nSPS) is 10.6. The molecule has 2 rings (SSSR count). The summed E-state index contributed by atoms with van der Waals surface area (Å²) in [4.78, 5) is 10.6. The van der Waals surface area contributed by atoms with Gasteiger partial charge >= 0.3 is 5.97 Å². The van der Waals surface area contributed by atoms with E-state index in [0.717, 1.165) is 0 Å². The molecule has 0 bridgehead atoms. The second kappa shape index (κ2) is 2.92. The summed E-state index contributed by atoms with van der Waals surface area (Å²) in [6, 6.07) is 4.66. The van der Waals surface area contributed by atoms with E-state index in [9.17, 15) is 4.79 Å². The number of anilines is 1. The highest BCUT2D eigenvalue weighted by molar-refractivity contribution is 6.34. The van der Waals surface area contributed by atoms with E-state index in [2.05, 4.69) is 0 Å². The Hall–Kier alpha value is -1.68. The number of halogens is 1. The zero-order valence-corrected chi connectivity index (χ0v) is 7.71. The lowest BCUT2D eigenvalue weighted by atomic mass is 10.2. The third-order valence-corrected chi connectivity index (χ3v) is 2.21. The van der Waals surface area contributed by atoms with E-state index >= 15 is 0 Å². The van der Waals surface area contributed by atoms with Gasteiger partial charge in [-0.3, -0.25) is 0 Å². The van der Waals surface area contributed by atoms with Crippen LogP contribution in [0.2, 0.25) is 5.02 Å². The van der Waals surface area contributed by atoms with Gasteiger partial charge in [0.15, 0.2) is 5.58 Å². The van der Waals surface area contributed by atoms with Gasteiger partial charge in [0.05, 0.1) is 10.7 Å². The topological polar surface area (TPSA) is 76.5 Å². The molecule has 72 valence electrons. The smallest absolute Gasteiger partial charge is 0.371 e. The first kappa shape index (κ1) is 8.90. The molecule has 1 aromatic heterocycles. The number of hydrogen-bond donors (Lipinski definition) is 2. The molecule has 1 aromatic carbocycles. The Kier molecular flexibility index (Phi) is 1.86. The number of furan rings is 1. The lowest BCUT2D eigenvalue weighted by Gasteiger charge is -1.96. The average Bonchev–Trinajstić information content (AvgIpc) is 2.56. The highest BCUT2D eigenvalue weighted by Gasteiger charge is 2.13. The number of benzene rings is 1. The molecule has 0 amide bonds. The summed E-state index contributed by atoms with van der Waals surface area (Å²) in [7, 11) is 0. The first-order valence-corrected chi connectivity index (χ1v) is 4.18. The second-order valence-corrected chi connectivity index (χ2v) is 3.20. The van der Waals surface area contributed by atoms with Gasteiger partial charge in [0.1, 0.15) is 0 Å². The molecule has 2 aromatic rings. The highest BCUT2D eigenvalue weighted by Crippen LogP contribution is 2.30. The molecule has 0 saturated heterocycles. The Bertz CT molecular complexity index is 518. The van der Waals surface area contributed by atoms with Crippen molar-refractivity contribution < 1.29 is 14.3 Å². The van der Waals surface area contributed by atoms with Gasteiger partial charge in [0.2, 0.25) is 5.76 Å². The number of nitrogens with two attached hydrogens (primary N) is 1. The molecule has 0 spiro atoms. The number of nitrogen functional groups attached to an aromatic ring is 1. The summed E-state index contributed by atoms with van der Waals surface area (Å²) in [6.07, 6.45) is 0. The van der Waals surface area contributed by atoms with E-state index < -0.39 is 5.97 Å². The summed E-state index contributed by atoms with van der Waals surface area (Å²) in [5.41, 5.74) is 6.19. The third kappa shape index (κ3) is 1.20. The van der Waals surface area contributed by atoms with Crippen LogP contribution in [0.3, 0.4) is 0 Å². The molecule has 5 heteroatoms. The number of carboxylic acids is 1. The number of carbonyl (C=O) groups is 1. The predicted octanol–water partition coefficient (Wildman–Crippen LogP) is 2.37. The maximum absolute atomic E-state index is 10.6. The molecule has 0 aliphatic heterocycles. The Morgan fingerprint density at radius 2 is 2.21 bits per heavy atom. The van der Waals surface area contributed by atoms with E-state index in [1.54, 1.807) is 12.1 Å². The molecule has 0 saturated carbocycles. The van der Waals surface area contributed by atoms with Crippen LogP contribution in [0, 0.1) is 0 Å². The van der Waals surface area contributed by atoms with Crippen molar-refractivity contribution in [3.8, 4) is 0 Å². The maximum Gasteiger partial charge on any atom is 0.371 e. The Balaban J connectivity index is 2.77. The number of aromatic carboxylic acids is 1. The van der Waals surface area contributed by atoms with Crippen LogP contribution in [0.1, 0.15) is 10.6 Å². The second-order valence-electron chi connectivity index (χ2n) is 2.80. The lowest BCUT2D eigenvalue weighted by Crippen LogP contribution is -1.91. The van der Waals surface area contributed by atoms with Gasteiger partial charge in [-0.2, -0.15) is 0 Å². The van der Waals surface area contributed by atoms with Crippen LogP contribution in [0.25, 0.3) is 11.0 Å². The third-order valence-electron chi connectivity index (χ3n) is 1.88. The van der Waals surface area contributed by atoms with Crippen molar-refractivity contribution >= 4 is 34.2 Å². The van der Waals surface area contributed by atoms with E-state index in [4.69, 9.17) is 26.9 Å². The molecule has 4 nitrogen and oxygen atoms in total. The van der Waals surface area contributed by atoms with E-state index in [1.165, 1.54) is 6.07 Å². The van der Waals surface area contributed by atoms with Crippen LogP contribution in [-0.4, -0.2) is 11.1 Å². The van der Waals surface area contributed by atoms with E-state index in [-0.39, 0.29) is 11.4 Å². The number of fused-ring (bicyclic) bond motifs is 1.